The molecule has 1 saturated heterocycles. The summed E-state index contributed by atoms with van der Waals surface area (Å²) in [5, 5.41) is 2.91. The van der Waals surface area contributed by atoms with Crippen LogP contribution in [0.1, 0.15) is 49.8 Å². The highest BCUT2D eigenvalue weighted by Gasteiger charge is 2.51. The van der Waals surface area contributed by atoms with E-state index in [9.17, 15) is 14.0 Å². The van der Waals surface area contributed by atoms with Crippen LogP contribution in [0.3, 0.4) is 0 Å². The first-order valence-corrected chi connectivity index (χ1v) is 10.7. The van der Waals surface area contributed by atoms with Crippen molar-refractivity contribution in [2.75, 3.05) is 6.67 Å². The molecule has 158 valence electrons. The number of amides is 3. The highest BCUT2D eigenvalue weighted by atomic mass is 19.1. The number of nitrogens with zero attached hydrogens (tertiary/aromatic N) is 1. The van der Waals surface area contributed by atoms with E-state index in [1.165, 1.54) is 22.6 Å². The fraction of sp³-hybridized carbons (Fsp3) is 0.417. The number of nitrogens with one attached hydrogen (secondary N) is 2. The average molecular weight is 411 g/mol. The Morgan fingerprint density at radius 1 is 1.07 bits per heavy atom. The number of hydrogen-bond acceptors (Lipinski definition) is 2. The van der Waals surface area contributed by atoms with Crippen LogP contribution in [0.5, 0.6) is 0 Å². The van der Waals surface area contributed by atoms with Crippen molar-refractivity contribution in [1.29, 1.82) is 0 Å². The number of rotatable bonds is 8. The minimum Gasteiger partial charge on any atom is -0.319 e. The molecular formula is C24H29FN3O2+. The van der Waals surface area contributed by atoms with Crippen molar-refractivity contribution in [3.05, 3.63) is 71.0 Å². The van der Waals surface area contributed by atoms with Gasteiger partial charge in [0.15, 0.2) is 6.67 Å². The van der Waals surface area contributed by atoms with Gasteiger partial charge in [0.25, 0.3) is 5.91 Å². The molecular weight excluding hydrogens is 381 g/mol. The zero-order chi connectivity index (χ0) is 21.3. The zero-order valence-electron chi connectivity index (χ0n) is 17.6. The molecule has 2 fully saturated rings. The number of halogens is 1. The molecule has 6 heteroatoms. The van der Waals surface area contributed by atoms with Crippen LogP contribution in [0.15, 0.2) is 48.5 Å². The van der Waals surface area contributed by atoms with Gasteiger partial charge in [-0.1, -0.05) is 49.7 Å². The van der Waals surface area contributed by atoms with Crippen molar-refractivity contribution in [1.82, 2.24) is 10.2 Å². The third kappa shape index (κ3) is 4.10. The van der Waals surface area contributed by atoms with E-state index in [4.69, 9.17) is 0 Å². The standard InChI is InChI=1S/C24H28FN3O2/c1-3-4-17-5-9-19(10-6-17)24(2)22(29)28(23(30)26-24)16-27(21-13-14-21)15-18-7-11-20(25)12-8-18/h5-12,21H,3-4,13-16H2,1-2H3,(H,26,30)/p+1/t24-/m0/s1. The van der Waals surface area contributed by atoms with Crippen molar-refractivity contribution in [3.63, 3.8) is 0 Å². The number of carbonyl (C=O) groups excluding carboxylic acids is 2. The van der Waals surface area contributed by atoms with Gasteiger partial charge in [-0.3, -0.25) is 4.79 Å². The maximum atomic E-state index is 13.3. The van der Waals surface area contributed by atoms with E-state index in [0.29, 0.717) is 19.3 Å². The Labute approximate surface area is 176 Å². The average Bonchev–Trinajstić information content (AvgIpc) is 3.55. The first-order valence-electron chi connectivity index (χ1n) is 10.7. The maximum Gasteiger partial charge on any atom is 0.329 e. The summed E-state index contributed by atoms with van der Waals surface area (Å²) in [6.07, 6.45) is 4.22. The number of aryl methyl sites for hydroxylation is 1. The molecule has 0 spiro atoms. The van der Waals surface area contributed by atoms with Crippen LogP contribution in [-0.4, -0.2) is 29.5 Å². The molecule has 4 rings (SSSR count). The molecule has 2 N–H and O–H groups in total. The van der Waals surface area contributed by atoms with E-state index in [2.05, 4.69) is 12.2 Å². The number of imide groups is 1. The van der Waals surface area contributed by atoms with E-state index in [0.717, 1.165) is 41.7 Å². The Kier molecular flexibility index (Phi) is 5.60. The second-order valence-electron chi connectivity index (χ2n) is 8.63. The molecule has 2 aromatic carbocycles. The van der Waals surface area contributed by atoms with Crippen LogP contribution in [-0.2, 0) is 23.3 Å². The predicted octanol–water partition coefficient (Wildman–Crippen LogP) is 2.75. The van der Waals surface area contributed by atoms with Crippen LogP contribution in [0, 0.1) is 5.82 Å². The Balaban J connectivity index is 1.50. The molecule has 3 amide bonds. The first-order chi connectivity index (χ1) is 14.4. The molecule has 1 saturated carbocycles. The van der Waals surface area contributed by atoms with E-state index in [-0.39, 0.29) is 17.8 Å². The highest BCUT2D eigenvalue weighted by Crippen LogP contribution is 2.29. The van der Waals surface area contributed by atoms with Gasteiger partial charge in [0.05, 0.1) is 6.04 Å². The third-order valence-corrected chi connectivity index (χ3v) is 6.21. The molecule has 1 heterocycles. The molecule has 1 unspecified atom stereocenters. The van der Waals surface area contributed by atoms with Gasteiger partial charge in [-0.15, -0.1) is 0 Å². The molecule has 2 aromatic rings. The van der Waals surface area contributed by atoms with Gasteiger partial charge >= 0.3 is 6.03 Å². The fourth-order valence-corrected chi connectivity index (χ4v) is 4.22. The lowest BCUT2D eigenvalue weighted by molar-refractivity contribution is -0.931. The van der Waals surface area contributed by atoms with Gasteiger partial charge in [0.2, 0.25) is 0 Å². The molecule has 0 bridgehead atoms. The molecule has 0 aromatic heterocycles. The zero-order valence-corrected chi connectivity index (χ0v) is 17.6. The molecule has 1 aliphatic carbocycles. The topological polar surface area (TPSA) is 53.9 Å². The summed E-state index contributed by atoms with van der Waals surface area (Å²) < 4.78 is 13.2. The largest absolute Gasteiger partial charge is 0.329 e. The number of hydrogen-bond donors (Lipinski definition) is 2. The van der Waals surface area contributed by atoms with Crippen LogP contribution in [0.2, 0.25) is 0 Å². The van der Waals surface area contributed by atoms with E-state index in [1.54, 1.807) is 19.1 Å². The molecule has 30 heavy (non-hydrogen) atoms. The van der Waals surface area contributed by atoms with Crippen LogP contribution < -0.4 is 10.2 Å². The van der Waals surface area contributed by atoms with Crippen LogP contribution in [0.4, 0.5) is 9.18 Å². The smallest absolute Gasteiger partial charge is 0.319 e. The summed E-state index contributed by atoms with van der Waals surface area (Å²) in [7, 11) is 0. The maximum absolute atomic E-state index is 13.3. The normalized spacial score (nSPS) is 22.3. The van der Waals surface area contributed by atoms with Crippen molar-refractivity contribution in [3.8, 4) is 0 Å². The van der Waals surface area contributed by atoms with Crippen LogP contribution in [0.25, 0.3) is 0 Å². The number of quaternary nitrogens is 1. The van der Waals surface area contributed by atoms with Gasteiger partial charge in [-0.25, -0.2) is 14.1 Å². The second kappa shape index (κ2) is 8.19. The monoisotopic (exact) mass is 410 g/mol. The third-order valence-electron chi connectivity index (χ3n) is 6.21. The summed E-state index contributed by atoms with van der Waals surface area (Å²) in [5.41, 5.74) is 1.98. The highest BCUT2D eigenvalue weighted by molar-refractivity contribution is 6.07. The number of urea groups is 1. The molecule has 1 aliphatic heterocycles. The van der Waals surface area contributed by atoms with Crippen LogP contribution >= 0.6 is 0 Å². The van der Waals surface area contributed by atoms with Crippen molar-refractivity contribution in [2.24, 2.45) is 0 Å². The minimum atomic E-state index is -1.05. The van der Waals surface area contributed by atoms with Crippen molar-refractivity contribution in [2.45, 2.75) is 57.7 Å². The Bertz CT molecular complexity index is 924. The summed E-state index contributed by atoms with van der Waals surface area (Å²) in [6, 6.07) is 14.5. The Hall–Kier alpha value is -2.73. The van der Waals surface area contributed by atoms with Crippen molar-refractivity contribution >= 4 is 11.9 Å². The van der Waals surface area contributed by atoms with E-state index >= 15 is 0 Å². The number of carbonyl (C=O) groups is 2. The molecule has 2 atom stereocenters. The van der Waals surface area contributed by atoms with E-state index < -0.39 is 5.54 Å². The number of benzene rings is 2. The summed E-state index contributed by atoms with van der Waals surface area (Å²) in [6.45, 7) is 4.88. The first kappa shape index (κ1) is 20.5. The lowest BCUT2D eigenvalue weighted by Gasteiger charge is -2.25. The summed E-state index contributed by atoms with van der Waals surface area (Å²) in [4.78, 5) is 28.6. The molecule has 0 radical (unpaired) electrons. The minimum absolute atomic E-state index is 0.215. The summed E-state index contributed by atoms with van der Waals surface area (Å²) >= 11 is 0. The SMILES string of the molecule is CCCc1ccc([C@]2(C)NC(=O)N(C[NH+](Cc3ccc(F)cc3)C3CC3)C2=O)cc1. The van der Waals surface area contributed by atoms with Gasteiger partial charge in [-0.2, -0.15) is 0 Å². The van der Waals surface area contributed by atoms with Gasteiger partial charge in [-0.05, 0) is 36.6 Å². The summed E-state index contributed by atoms with van der Waals surface area (Å²) in [5.74, 6) is -0.477. The molecule has 5 nitrogen and oxygen atoms in total. The van der Waals surface area contributed by atoms with Gasteiger partial charge < -0.3 is 10.2 Å². The molecule has 2 aliphatic rings. The van der Waals surface area contributed by atoms with Gasteiger partial charge in [0, 0.05) is 18.4 Å². The van der Waals surface area contributed by atoms with E-state index in [1.807, 2.05) is 24.3 Å². The lowest BCUT2D eigenvalue weighted by Crippen LogP contribution is -3.13. The fourth-order valence-electron chi connectivity index (χ4n) is 4.22. The quantitative estimate of drug-likeness (QED) is 0.658. The Morgan fingerprint density at radius 2 is 1.70 bits per heavy atom. The second-order valence-corrected chi connectivity index (χ2v) is 8.63. The Morgan fingerprint density at radius 3 is 2.30 bits per heavy atom. The van der Waals surface area contributed by atoms with Gasteiger partial charge in [0.1, 0.15) is 17.9 Å². The lowest BCUT2D eigenvalue weighted by atomic mass is 9.91. The van der Waals surface area contributed by atoms with Crippen molar-refractivity contribution < 1.29 is 18.9 Å². The predicted molar refractivity (Wildman–Crippen MR) is 112 cm³/mol.